The maximum absolute atomic E-state index is 6.32. The summed E-state index contributed by atoms with van der Waals surface area (Å²) in [6, 6.07) is 9.27. The summed E-state index contributed by atoms with van der Waals surface area (Å²) in [7, 11) is 0. The average molecular weight is 338 g/mol. The van der Waals surface area contributed by atoms with E-state index < -0.39 is 0 Å². The number of benzene rings is 2. The molecule has 0 unspecified atom stereocenters. The SMILES string of the molecule is Cc1cc(C)c2nc(-c3ccc(Cl)cc3Cl)nc(Cl)c2c1. The standard InChI is InChI=1S/C16H11Cl3N2/c1-8-5-9(2)14-12(6-8)15(19)21-16(20-14)11-4-3-10(17)7-13(11)18/h3-7H,1-2H3. The zero-order chi connectivity index (χ0) is 15.1. The minimum absolute atomic E-state index is 0.424. The predicted molar refractivity (Wildman–Crippen MR) is 89.5 cm³/mol. The molecule has 2 nitrogen and oxygen atoms in total. The van der Waals surface area contributed by atoms with Crippen LogP contribution in [0.25, 0.3) is 22.3 Å². The molecule has 1 aromatic heterocycles. The normalized spacial score (nSPS) is 11.1. The molecular formula is C16H11Cl3N2. The molecule has 0 aliphatic heterocycles. The molecule has 0 saturated carbocycles. The van der Waals surface area contributed by atoms with Crippen molar-refractivity contribution in [1.29, 1.82) is 0 Å². The monoisotopic (exact) mass is 336 g/mol. The van der Waals surface area contributed by atoms with Crippen LogP contribution in [0, 0.1) is 13.8 Å². The highest BCUT2D eigenvalue weighted by atomic mass is 35.5. The number of hydrogen-bond donors (Lipinski definition) is 0. The molecule has 1 heterocycles. The Kier molecular flexibility index (Phi) is 3.78. The van der Waals surface area contributed by atoms with Crippen LogP contribution in [0.1, 0.15) is 11.1 Å². The zero-order valence-corrected chi connectivity index (χ0v) is 13.7. The lowest BCUT2D eigenvalue weighted by atomic mass is 10.1. The molecular weight excluding hydrogens is 327 g/mol. The van der Waals surface area contributed by atoms with E-state index in [0.29, 0.717) is 26.6 Å². The molecule has 5 heteroatoms. The lowest BCUT2D eigenvalue weighted by Gasteiger charge is -2.09. The smallest absolute Gasteiger partial charge is 0.163 e. The van der Waals surface area contributed by atoms with E-state index in [2.05, 4.69) is 16.0 Å². The largest absolute Gasteiger partial charge is 0.228 e. The highest BCUT2D eigenvalue weighted by molar-refractivity contribution is 6.36. The summed E-state index contributed by atoms with van der Waals surface area (Å²) >= 11 is 18.5. The first-order chi connectivity index (χ1) is 9.95. The van der Waals surface area contributed by atoms with Gasteiger partial charge >= 0.3 is 0 Å². The fourth-order valence-electron chi connectivity index (χ4n) is 2.34. The summed E-state index contributed by atoms with van der Waals surface area (Å²) in [6.07, 6.45) is 0. The lowest BCUT2D eigenvalue weighted by molar-refractivity contribution is 1.21. The number of halogens is 3. The molecule has 0 spiro atoms. The third-order valence-electron chi connectivity index (χ3n) is 3.26. The molecule has 2 aromatic carbocycles. The van der Waals surface area contributed by atoms with Gasteiger partial charge in [0, 0.05) is 16.0 Å². The Hall–Kier alpha value is -1.35. The van der Waals surface area contributed by atoms with Gasteiger partial charge in [-0.2, -0.15) is 0 Å². The van der Waals surface area contributed by atoms with Gasteiger partial charge in [-0.3, -0.25) is 0 Å². The van der Waals surface area contributed by atoms with Crippen LogP contribution in [0.15, 0.2) is 30.3 Å². The van der Waals surface area contributed by atoms with E-state index in [9.17, 15) is 0 Å². The summed E-state index contributed by atoms with van der Waals surface area (Å²) < 4.78 is 0. The van der Waals surface area contributed by atoms with Gasteiger partial charge in [-0.05, 0) is 43.7 Å². The van der Waals surface area contributed by atoms with Crippen molar-refractivity contribution < 1.29 is 0 Å². The van der Waals surface area contributed by atoms with Crippen molar-refractivity contribution in [3.05, 3.63) is 56.7 Å². The second-order valence-electron chi connectivity index (χ2n) is 4.94. The van der Waals surface area contributed by atoms with Gasteiger partial charge in [0.2, 0.25) is 0 Å². The predicted octanol–water partition coefficient (Wildman–Crippen LogP) is 5.87. The highest BCUT2D eigenvalue weighted by Crippen LogP contribution is 2.32. The first-order valence-electron chi connectivity index (χ1n) is 6.35. The second-order valence-corrected chi connectivity index (χ2v) is 6.14. The molecule has 21 heavy (non-hydrogen) atoms. The van der Waals surface area contributed by atoms with Crippen LogP contribution in [0.3, 0.4) is 0 Å². The van der Waals surface area contributed by atoms with E-state index in [4.69, 9.17) is 34.8 Å². The quantitative estimate of drug-likeness (QED) is 0.519. The topological polar surface area (TPSA) is 25.8 Å². The number of fused-ring (bicyclic) bond motifs is 1. The van der Waals surface area contributed by atoms with Crippen LogP contribution >= 0.6 is 34.8 Å². The Morgan fingerprint density at radius 1 is 0.905 bits per heavy atom. The minimum Gasteiger partial charge on any atom is -0.228 e. The first kappa shape index (κ1) is 14.6. The maximum atomic E-state index is 6.32. The molecule has 0 amide bonds. The van der Waals surface area contributed by atoms with Crippen LogP contribution in [0.5, 0.6) is 0 Å². The molecule has 0 aliphatic rings. The summed E-state index contributed by atoms with van der Waals surface area (Å²) in [4.78, 5) is 8.99. The number of nitrogens with zero attached hydrogens (tertiary/aromatic N) is 2. The van der Waals surface area contributed by atoms with Gasteiger partial charge in [0.15, 0.2) is 5.82 Å². The molecule has 0 atom stereocenters. The van der Waals surface area contributed by atoms with E-state index in [1.54, 1.807) is 18.2 Å². The van der Waals surface area contributed by atoms with Gasteiger partial charge in [0.25, 0.3) is 0 Å². The fraction of sp³-hybridized carbons (Fsp3) is 0.125. The van der Waals surface area contributed by atoms with Gasteiger partial charge in [0.1, 0.15) is 5.15 Å². The lowest BCUT2D eigenvalue weighted by Crippen LogP contribution is -1.95. The minimum atomic E-state index is 0.424. The molecule has 0 N–H and O–H groups in total. The van der Waals surface area contributed by atoms with Crippen molar-refractivity contribution in [2.24, 2.45) is 0 Å². The van der Waals surface area contributed by atoms with Gasteiger partial charge in [-0.25, -0.2) is 9.97 Å². The van der Waals surface area contributed by atoms with Crippen molar-refractivity contribution in [3.63, 3.8) is 0 Å². The number of aromatic nitrogens is 2. The number of aryl methyl sites for hydroxylation is 2. The van der Waals surface area contributed by atoms with Gasteiger partial charge in [-0.15, -0.1) is 0 Å². The Balaban J connectivity index is 2.30. The Labute approximate surface area is 137 Å². The van der Waals surface area contributed by atoms with Crippen LogP contribution in [0.4, 0.5) is 0 Å². The molecule has 0 radical (unpaired) electrons. The zero-order valence-electron chi connectivity index (χ0n) is 11.4. The average Bonchev–Trinajstić information content (AvgIpc) is 2.40. The summed E-state index contributed by atoms with van der Waals surface area (Å²) in [5.74, 6) is 0.501. The van der Waals surface area contributed by atoms with Crippen molar-refractivity contribution >= 4 is 45.7 Å². The van der Waals surface area contributed by atoms with Crippen LogP contribution in [-0.2, 0) is 0 Å². The van der Waals surface area contributed by atoms with E-state index in [0.717, 1.165) is 22.0 Å². The molecule has 0 fully saturated rings. The van der Waals surface area contributed by atoms with E-state index in [-0.39, 0.29) is 0 Å². The summed E-state index contributed by atoms with van der Waals surface area (Å²) in [6.45, 7) is 4.03. The molecule has 0 bridgehead atoms. The molecule has 3 rings (SSSR count). The van der Waals surface area contributed by atoms with Crippen LogP contribution in [-0.4, -0.2) is 9.97 Å². The molecule has 3 aromatic rings. The van der Waals surface area contributed by atoms with Gasteiger partial charge < -0.3 is 0 Å². The van der Waals surface area contributed by atoms with Crippen LogP contribution < -0.4 is 0 Å². The maximum Gasteiger partial charge on any atom is 0.163 e. The van der Waals surface area contributed by atoms with E-state index in [1.807, 2.05) is 19.9 Å². The summed E-state index contributed by atoms with van der Waals surface area (Å²) in [5, 5.41) is 2.35. The Morgan fingerprint density at radius 2 is 1.67 bits per heavy atom. The number of rotatable bonds is 1. The third-order valence-corrected chi connectivity index (χ3v) is 4.10. The highest BCUT2D eigenvalue weighted by Gasteiger charge is 2.13. The van der Waals surface area contributed by atoms with Crippen molar-refractivity contribution in [2.45, 2.75) is 13.8 Å². The number of hydrogen-bond acceptors (Lipinski definition) is 2. The van der Waals surface area contributed by atoms with Crippen LogP contribution in [0.2, 0.25) is 15.2 Å². The summed E-state index contributed by atoms with van der Waals surface area (Å²) in [5.41, 5.74) is 3.73. The van der Waals surface area contributed by atoms with Crippen molar-refractivity contribution in [2.75, 3.05) is 0 Å². The van der Waals surface area contributed by atoms with Crippen molar-refractivity contribution in [1.82, 2.24) is 9.97 Å². The van der Waals surface area contributed by atoms with Gasteiger partial charge in [0.05, 0.1) is 10.5 Å². The molecule has 106 valence electrons. The third kappa shape index (κ3) is 2.71. The van der Waals surface area contributed by atoms with E-state index in [1.165, 1.54) is 0 Å². The first-order valence-corrected chi connectivity index (χ1v) is 7.49. The Morgan fingerprint density at radius 3 is 2.38 bits per heavy atom. The fourth-order valence-corrected chi connectivity index (χ4v) is 3.06. The second kappa shape index (κ2) is 5.45. The van der Waals surface area contributed by atoms with E-state index >= 15 is 0 Å². The molecule has 0 saturated heterocycles. The Bertz CT molecular complexity index is 860. The molecule has 0 aliphatic carbocycles. The van der Waals surface area contributed by atoms with Gasteiger partial charge in [-0.1, -0.05) is 46.4 Å². The van der Waals surface area contributed by atoms with Crippen molar-refractivity contribution in [3.8, 4) is 11.4 Å².